The van der Waals surface area contributed by atoms with Crippen molar-refractivity contribution in [2.45, 2.75) is 13.2 Å². The van der Waals surface area contributed by atoms with Crippen molar-refractivity contribution in [1.29, 1.82) is 0 Å². The zero-order chi connectivity index (χ0) is 15.2. The van der Waals surface area contributed by atoms with Gasteiger partial charge in [0, 0.05) is 16.1 Å². The third-order valence-electron chi connectivity index (χ3n) is 3.06. The van der Waals surface area contributed by atoms with Crippen LogP contribution in [0.2, 0.25) is 5.02 Å². The van der Waals surface area contributed by atoms with E-state index in [0.29, 0.717) is 34.4 Å². The smallest absolute Gasteiger partial charge is 0.125 e. The van der Waals surface area contributed by atoms with E-state index in [2.05, 4.69) is 0 Å². The molecule has 0 fully saturated rings. The Morgan fingerprint density at radius 2 is 1.71 bits per heavy atom. The van der Waals surface area contributed by atoms with Gasteiger partial charge in [0.15, 0.2) is 0 Å². The number of methoxy groups -OCH3 is 2. The number of halogens is 1. The summed E-state index contributed by atoms with van der Waals surface area (Å²) < 4.78 is 16.2. The Morgan fingerprint density at radius 3 is 2.38 bits per heavy atom. The molecule has 0 spiro atoms. The molecule has 0 atom stereocenters. The fraction of sp³-hybridized carbons (Fsp3) is 0.250. The molecule has 2 aromatic rings. The van der Waals surface area contributed by atoms with Gasteiger partial charge in [-0.1, -0.05) is 11.6 Å². The summed E-state index contributed by atoms with van der Waals surface area (Å²) >= 11 is 5.99. The van der Waals surface area contributed by atoms with Gasteiger partial charge >= 0.3 is 0 Å². The number of rotatable bonds is 6. The summed E-state index contributed by atoms with van der Waals surface area (Å²) in [4.78, 5) is 0. The van der Waals surface area contributed by atoms with Gasteiger partial charge < -0.3 is 19.3 Å². The maximum absolute atomic E-state index is 9.40. The van der Waals surface area contributed by atoms with Crippen LogP contribution in [-0.2, 0) is 13.2 Å². The van der Waals surface area contributed by atoms with Crippen molar-refractivity contribution in [2.24, 2.45) is 0 Å². The first kappa shape index (κ1) is 15.5. The number of aliphatic hydroxyl groups is 1. The Bertz CT molecular complexity index is 613. The van der Waals surface area contributed by atoms with Gasteiger partial charge in [-0.3, -0.25) is 0 Å². The van der Waals surface area contributed by atoms with E-state index in [0.717, 1.165) is 5.56 Å². The van der Waals surface area contributed by atoms with Crippen molar-refractivity contribution in [3.8, 4) is 17.2 Å². The summed E-state index contributed by atoms with van der Waals surface area (Å²) in [5, 5.41) is 10.0. The van der Waals surface area contributed by atoms with Crippen LogP contribution in [0, 0.1) is 0 Å². The van der Waals surface area contributed by atoms with Gasteiger partial charge in [0.05, 0.1) is 20.8 Å². The van der Waals surface area contributed by atoms with Gasteiger partial charge in [-0.25, -0.2) is 0 Å². The van der Waals surface area contributed by atoms with E-state index < -0.39 is 0 Å². The number of ether oxygens (including phenoxy) is 3. The lowest BCUT2D eigenvalue weighted by Gasteiger charge is -2.13. The Labute approximate surface area is 128 Å². The van der Waals surface area contributed by atoms with E-state index in [-0.39, 0.29) is 6.61 Å². The molecule has 0 aliphatic carbocycles. The van der Waals surface area contributed by atoms with Crippen molar-refractivity contribution in [1.82, 2.24) is 0 Å². The van der Waals surface area contributed by atoms with Crippen LogP contribution >= 0.6 is 11.6 Å². The van der Waals surface area contributed by atoms with Crippen molar-refractivity contribution < 1.29 is 19.3 Å². The van der Waals surface area contributed by atoms with Crippen LogP contribution in [0.15, 0.2) is 36.4 Å². The standard InChI is InChI=1S/C16H17ClO4/c1-19-14-4-6-16(11(8-14)9-18)21-10-12-7-13(17)3-5-15(12)20-2/h3-8,18H,9-10H2,1-2H3. The first-order chi connectivity index (χ1) is 10.2. The summed E-state index contributed by atoms with van der Waals surface area (Å²) in [5.41, 5.74) is 1.50. The summed E-state index contributed by atoms with van der Waals surface area (Å²) in [6.07, 6.45) is 0. The molecule has 0 amide bonds. The predicted molar refractivity (Wildman–Crippen MR) is 81.3 cm³/mol. The van der Waals surface area contributed by atoms with Crippen LogP contribution in [-0.4, -0.2) is 19.3 Å². The van der Waals surface area contributed by atoms with Gasteiger partial charge in [0.2, 0.25) is 0 Å². The van der Waals surface area contributed by atoms with Crippen LogP contribution < -0.4 is 14.2 Å². The highest BCUT2D eigenvalue weighted by molar-refractivity contribution is 6.30. The largest absolute Gasteiger partial charge is 0.497 e. The Balaban J connectivity index is 2.18. The van der Waals surface area contributed by atoms with E-state index in [1.165, 1.54) is 0 Å². The third-order valence-corrected chi connectivity index (χ3v) is 3.30. The number of hydrogen-bond acceptors (Lipinski definition) is 4. The minimum atomic E-state index is -0.126. The summed E-state index contributed by atoms with van der Waals surface area (Å²) in [6.45, 7) is 0.169. The number of hydrogen-bond donors (Lipinski definition) is 1. The minimum absolute atomic E-state index is 0.126. The first-order valence-electron chi connectivity index (χ1n) is 6.41. The lowest BCUT2D eigenvalue weighted by atomic mass is 10.2. The molecule has 112 valence electrons. The van der Waals surface area contributed by atoms with E-state index in [1.54, 1.807) is 50.6 Å². The highest BCUT2D eigenvalue weighted by Gasteiger charge is 2.08. The Kier molecular flexibility index (Phi) is 5.31. The van der Waals surface area contributed by atoms with Gasteiger partial charge in [-0.15, -0.1) is 0 Å². The summed E-state index contributed by atoms with van der Waals surface area (Å²) in [6, 6.07) is 10.6. The van der Waals surface area contributed by atoms with Crippen molar-refractivity contribution in [3.63, 3.8) is 0 Å². The molecule has 4 nitrogen and oxygen atoms in total. The van der Waals surface area contributed by atoms with Crippen molar-refractivity contribution >= 4 is 11.6 Å². The Morgan fingerprint density at radius 1 is 0.952 bits per heavy atom. The van der Waals surface area contributed by atoms with Crippen molar-refractivity contribution in [2.75, 3.05) is 14.2 Å². The predicted octanol–water partition coefficient (Wildman–Crippen LogP) is 3.43. The van der Waals surface area contributed by atoms with E-state index >= 15 is 0 Å². The fourth-order valence-electron chi connectivity index (χ4n) is 1.96. The molecule has 0 radical (unpaired) electrons. The van der Waals surface area contributed by atoms with Crippen LogP contribution in [0.5, 0.6) is 17.2 Å². The average Bonchev–Trinajstić information content (AvgIpc) is 2.52. The number of aliphatic hydroxyl groups excluding tert-OH is 1. The van der Waals surface area contributed by atoms with Gasteiger partial charge in [-0.2, -0.15) is 0 Å². The molecule has 2 rings (SSSR count). The molecular formula is C16H17ClO4. The Hall–Kier alpha value is -1.91. The lowest BCUT2D eigenvalue weighted by molar-refractivity contribution is 0.256. The topological polar surface area (TPSA) is 47.9 Å². The molecule has 0 saturated heterocycles. The van der Waals surface area contributed by atoms with Gasteiger partial charge in [0.1, 0.15) is 23.9 Å². The van der Waals surface area contributed by atoms with Crippen LogP contribution in [0.25, 0.3) is 0 Å². The molecule has 21 heavy (non-hydrogen) atoms. The monoisotopic (exact) mass is 308 g/mol. The highest BCUT2D eigenvalue weighted by atomic mass is 35.5. The van der Waals surface area contributed by atoms with E-state index in [4.69, 9.17) is 25.8 Å². The fourth-order valence-corrected chi connectivity index (χ4v) is 2.16. The second-order valence-corrected chi connectivity index (χ2v) is 4.81. The van der Waals surface area contributed by atoms with Gasteiger partial charge in [0.25, 0.3) is 0 Å². The molecule has 0 saturated carbocycles. The highest BCUT2D eigenvalue weighted by Crippen LogP contribution is 2.28. The quantitative estimate of drug-likeness (QED) is 0.888. The van der Waals surface area contributed by atoms with E-state index in [9.17, 15) is 5.11 Å². The number of benzene rings is 2. The second-order valence-electron chi connectivity index (χ2n) is 4.38. The lowest BCUT2D eigenvalue weighted by Crippen LogP contribution is -2.01. The second kappa shape index (κ2) is 7.20. The molecular weight excluding hydrogens is 292 g/mol. The maximum Gasteiger partial charge on any atom is 0.125 e. The minimum Gasteiger partial charge on any atom is -0.497 e. The molecule has 0 bridgehead atoms. The molecule has 5 heteroatoms. The molecule has 0 heterocycles. The summed E-state index contributed by atoms with van der Waals surface area (Å²) in [5.74, 6) is 1.98. The molecule has 2 aromatic carbocycles. The molecule has 0 unspecified atom stereocenters. The normalized spacial score (nSPS) is 10.3. The molecule has 0 aliphatic rings. The van der Waals surface area contributed by atoms with E-state index in [1.807, 2.05) is 0 Å². The zero-order valence-corrected chi connectivity index (χ0v) is 12.7. The molecule has 0 aromatic heterocycles. The SMILES string of the molecule is COc1ccc(OCc2cc(Cl)ccc2OC)c(CO)c1. The summed E-state index contributed by atoms with van der Waals surface area (Å²) in [7, 11) is 3.17. The third kappa shape index (κ3) is 3.80. The van der Waals surface area contributed by atoms with Gasteiger partial charge in [-0.05, 0) is 36.4 Å². The molecule has 1 N–H and O–H groups in total. The zero-order valence-electron chi connectivity index (χ0n) is 11.9. The van der Waals surface area contributed by atoms with Crippen molar-refractivity contribution in [3.05, 3.63) is 52.5 Å². The molecule has 0 aliphatic heterocycles. The maximum atomic E-state index is 9.40. The average molecular weight is 309 g/mol. The first-order valence-corrected chi connectivity index (χ1v) is 6.78. The van der Waals surface area contributed by atoms with Crippen LogP contribution in [0.4, 0.5) is 0 Å². The van der Waals surface area contributed by atoms with Crippen LogP contribution in [0.3, 0.4) is 0 Å². The van der Waals surface area contributed by atoms with Crippen LogP contribution in [0.1, 0.15) is 11.1 Å².